The molecule has 12 nitrogen and oxygen atoms in total. The number of pyridine rings is 1. The highest BCUT2D eigenvalue weighted by molar-refractivity contribution is 5.98. The van der Waals surface area contributed by atoms with Crippen LogP contribution in [0.4, 0.5) is 0 Å². The Hall–Kier alpha value is -5.75. The molecule has 12 heteroatoms. The van der Waals surface area contributed by atoms with Crippen LogP contribution in [0.2, 0.25) is 0 Å². The molecule has 0 saturated heterocycles. The Morgan fingerprint density at radius 1 is 0.731 bits per heavy atom. The molecule has 4 aromatic rings. The molecule has 3 aromatic carbocycles. The van der Waals surface area contributed by atoms with Crippen LogP contribution in [0.15, 0.2) is 103 Å². The molecule has 0 fully saturated rings. The Bertz CT molecular complexity index is 1750. The monoisotopic (exact) mass is 712 g/mol. The molecule has 0 saturated carbocycles. The summed E-state index contributed by atoms with van der Waals surface area (Å²) in [4.78, 5) is 58.0. The van der Waals surface area contributed by atoms with Gasteiger partial charge in [0.05, 0.1) is 26.2 Å². The predicted octanol–water partition coefficient (Wildman–Crippen LogP) is 5.21. The summed E-state index contributed by atoms with van der Waals surface area (Å²) in [5.74, 6) is -5.29. The number of benzene rings is 3. The van der Waals surface area contributed by atoms with Gasteiger partial charge in [-0.1, -0.05) is 105 Å². The van der Waals surface area contributed by atoms with Crippen LogP contribution in [0, 0.1) is 11.8 Å². The van der Waals surface area contributed by atoms with Gasteiger partial charge in [0.25, 0.3) is 5.91 Å². The van der Waals surface area contributed by atoms with E-state index < -0.39 is 59.7 Å². The van der Waals surface area contributed by atoms with E-state index in [1.807, 2.05) is 91.0 Å². The molecule has 0 spiro atoms. The third-order valence-electron chi connectivity index (χ3n) is 8.02. The van der Waals surface area contributed by atoms with Crippen LogP contribution in [0.3, 0.4) is 0 Å². The van der Waals surface area contributed by atoms with E-state index in [1.165, 1.54) is 26.3 Å². The van der Waals surface area contributed by atoms with Gasteiger partial charge >= 0.3 is 17.9 Å². The van der Waals surface area contributed by atoms with Gasteiger partial charge in [-0.25, -0.2) is 9.78 Å². The number of nitrogens with one attached hydrogen (secondary N) is 1. The summed E-state index contributed by atoms with van der Waals surface area (Å²) in [5.41, 5.74) is 1.95. The Kier molecular flexibility index (Phi) is 14.7. The Morgan fingerprint density at radius 2 is 1.31 bits per heavy atom. The van der Waals surface area contributed by atoms with Gasteiger partial charge in [0.2, 0.25) is 0 Å². The van der Waals surface area contributed by atoms with Gasteiger partial charge < -0.3 is 34.1 Å². The molecule has 0 aliphatic rings. The standard InChI is InChI=1S/C40H44N2O10/c1-26(2)38(45)52-36(31(22-28-14-8-5-9-15-28)39(46)50-24-30-18-12-7-13-19-30)27(3)51-40(47)32(25-49-23-29-16-10-6-11-17-29)42-37(44)34-35(43)33(48-4)20-21-41-34/h5-21,26-27,31-32,36,43H,22-25H2,1-4H3,(H,42,44)/t27?,31?,32-,36-/m0/s1. The molecular formula is C40H44N2O10. The lowest BCUT2D eigenvalue weighted by molar-refractivity contribution is -0.181. The molecule has 1 amide bonds. The van der Waals surface area contributed by atoms with Crippen molar-refractivity contribution in [1.82, 2.24) is 10.3 Å². The van der Waals surface area contributed by atoms with Crippen LogP contribution >= 0.6 is 0 Å². The van der Waals surface area contributed by atoms with Gasteiger partial charge in [-0.15, -0.1) is 0 Å². The number of carbonyl (C=O) groups is 4. The minimum absolute atomic E-state index is 0.00615. The van der Waals surface area contributed by atoms with Crippen molar-refractivity contribution < 1.29 is 48.0 Å². The number of esters is 3. The molecule has 0 bridgehead atoms. The zero-order valence-corrected chi connectivity index (χ0v) is 29.6. The Morgan fingerprint density at radius 3 is 1.88 bits per heavy atom. The molecule has 0 aliphatic heterocycles. The van der Waals surface area contributed by atoms with Gasteiger partial charge in [0, 0.05) is 12.3 Å². The van der Waals surface area contributed by atoms with E-state index in [2.05, 4.69) is 10.3 Å². The average Bonchev–Trinajstić information content (AvgIpc) is 3.15. The molecular weight excluding hydrogens is 668 g/mol. The number of rotatable bonds is 18. The number of hydrogen-bond acceptors (Lipinski definition) is 11. The number of amides is 1. The summed E-state index contributed by atoms with van der Waals surface area (Å²) in [5, 5.41) is 13.1. The van der Waals surface area contributed by atoms with Crippen LogP contribution in [0.5, 0.6) is 11.5 Å². The van der Waals surface area contributed by atoms with E-state index in [4.69, 9.17) is 23.7 Å². The molecule has 4 rings (SSSR count). The topological polar surface area (TPSA) is 160 Å². The van der Waals surface area contributed by atoms with E-state index >= 15 is 0 Å². The second-order valence-electron chi connectivity index (χ2n) is 12.3. The normalized spacial score (nSPS) is 13.2. The molecule has 52 heavy (non-hydrogen) atoms. The maximum absolute atomic E-state index is 13.9. The van der Waals surface area contributed by atoms with Crippen molar-refractivity contribution in [3.8, 4) is 11.5 Å². The van der Waals surface area contributed by atoms with Gasteiger partial charge in [0.1, 0.15) is 18.6 Å². The molecule has 0 aliphatic carbocycles. The summed E-state index contributed by atoms with van der Waals surface area (Å²) in [6, 6.07) is 27.4. The summed E-state index contributed by atoms with van der Waals surface area (Å²) in [6.07, 6.45) is -1.11. The Balaban J connectivity index is 1.61. The summed E-state index contributed by atoms with van der Waals surface area (Å²) in [6.45, 7) is 4.54. The van der Waals surface area contributed by atoms with E-state index in [0.717, 1.165) is 16.7 Å². The minimum atomic E-state index is -1.41. The van der Waals surface area contributed by atoms with Crippen molar-refractivity contribution in [2.24, 2.45) is 11.8 Å². The van der Waals surface area contributed by atoms with Crippen molar-refractivity contribution >= 4 is 23.8 Å². The predicted molar refractivity (Wildman–Crippen MR) is 190 cm³/mol. The summed E-state index contributed by atoms with van der Waals surface area (Å²) in [7, 11) is 1.32. The lowest BCUT2D eigenvalue weighted by Crippen LogP contribution is -2.49. The average molecular weight is 713 g/mol. The zero-order chi connectivity index (χ0) is 37.5. The van der Waals surface area contributed by atoms with Crippen LogP contribution in [0.1, 0.15) is 48.0 Å². The van der Waals surface area contributed by atoms with Crippen molar-refractivity contribution in [2.75, 3.05) is 13.7 Å². The number of carbonyl (C=O) groups excluding carboxylic acids is 4. The number of methoxy groups -OCH3 is 1. The van der Waals surface area contributed by atoms with Crippen LogP contribution in [-0.4, -0.2) is 65.9 Å². The van der Waals surface area contributed by atoms with Crippen LogP contribution in [0.25, 0.3) is 0 Å². The largest absolute Gasteiger partial charge is 0.503 e. The lowest BCUT2D eigenvalue weighted by atomic mass is 9.90. The smallest absolute Gasteiger partial charge is 0.331 e. The number of aromatic hydroxyl groups is 1. The van der Waals surface area contributed by atoms with Crippen molar-refractivity contribution in [2.45, 2.75) is 58.7 Å². The van der Waals surface area contributed by atoms with Crippen molar-refractivity contribution in [3.05, 3.63) is 126 Å². The number of hydrogen-bond donors (Lipinski definition) is 2. The van der Waals surface area contributed by atoms with Crippen molar-refractivity contribution in [3.63, 3.8) is 0 Å². The molecule has 2 unspecified atom stereocenters. The van der Waals surface area contributed by atoms with Gasteiger partial charge in [-0.3, -0.25) is 14.4 Å². The summed E-state index contributed by atoms with van der Waals surface area (Å²) >= 11 is 0. The number of aromatic nitrogens is 1. The fraction of sp³-hybridized carbons (Fsp3) is 0.325. The third kappa shape index (κ3) is 11.4. The van der Waals surface area contributed by atoms with Gasteiger partial charge in [-0.05, 0) is 30.0 Å². The highest BCUT2D eigenvalue weighted by Gasteiger charge is 2.40. The van der Waals surface area contributed by atoms with Gasteiger partial charge in [-0.2, -0.15) is 0 Å². The first-order valence-corrected chi connectivity index (χ1v) is 16.9. The highest BCUT2D eigenvalue weighted by atomic mass is 16.6. The van der Waals surface area contributed by atoms with Crippen LogP contribution in [-0.2, 0) is 53.0 Å². The first-order chi connectivity index (χ1) is 25.1. The second kappa shape index (κ2) is 19.6. The number of nitrogens with zero attached hydrogens (tertiary/aromatic N) is 1. The van der Waals surface area contributed by atoms with Crippen molar-refractivity contribution in [1.29, 1.82) is 0 Å². The van der Waals surface area contributed by atoms with E-state index in [-0.39, 0.29) is 37.7 Å². The fourth-order valence-electron chi connectivity index (χ4n) is 5.18. The lowest BCUT2D eigenvalue weighted by Gasteiger charge is -2.31. The maximum Gasteiger partial charge on any atom is 0.331 e. The first kappa shape index (κ1) is 39.0. The molecule has 4 atom stereocenters. The SMILES string of the molecule is COc1ccnc(C(=O)N[C@@H](COCc2ccccc2)C(=O)OC(C)[C@H](OC(=O)C(C)C)C(Cc2ccccc2)C(=O)OCc2ccccc2)c1O. The molecule has 2 N–H and O–H groups in total. The second-order valence-corrected chi connectivity index (χ2v) is 12.3. The molecule has 274 valence electrons. The maximum atomic E-state index is 13.9. The zero-order valence-electron chi connectivity index (χ0n) is 29.6. The molecule has 1 aromatic heterocycles. The Labute approximate surface area is 303 Å². The summed E-state index contributed by atoms with van der Waals surface area (Å²) < 4.78 is 28.4. The van der Waals surface area contributed by atoms with E-state index in [1.54, 1.807) is 13.8 Å². The van der Waals surface area contributed by atoms with Crippen LogP contribution < -0.4 is 10.1 Å². The van der Waals surface area contributed by atoms with E-state index in [0.29, 0.717) is 0 Å². The van der Waals surface area contributed by atoms with Gasteiger partial charge in [0.15, 0.2) is 29.3 Å². The fourth-order valence-corrected chi connectivity index (χ4v) is 5.18. The minimum Gasteiger partial charge on any atom is -0.503 e. The first-order valence-electron chi connectivity index (χ1n) is 16.9. The third-order valence-corrected chi connectivity index (χ3v) is 8.02. The molecule has 1 heterocycles. The number of ether oxygens (including phenoxy) is 5. The highest BCUT2D eigenvalue weighted by Crippen LogP contribution is 2.28. The van der Waals surface area contributed by atoms with E-state index in [9.17, 15) is 24.3 Å². The molecule has 0 radical (unpaired) electrons. The quantitative estimate of drug-likeness (QED) is 0.103.